The van der Waals surface area contributed by atoms with Crippen molar-refractivity contribution in [2.45, 2.75) is 9.92 Å². The molecule has 1 heterocycles. The highest BCUT2D eigenvalue weighted by Crippen LogP contribution is 2.28. The van der Waals surface area contributed by atoms with Crippen molar-refractivity contribution < 1.29 is 9.90 Å². The van der Waals surface area contributed by atoms with Gasteiger partial charge in [-0.25, -0.2) is 9.78 Å². The van der Waals surface area contributed by atoms with E-state index in [1.54, 1.807) is 30.7 Å². The van der Waals surface area contributed by atoms with Crippen molar-refractivity contribution in [3.05, 3.63) is 46.8 Å². The van der Waals surface area contributed by atoms with Crippen LogP contribution in [0.1, 0.15) is 10.4 Å². The Morgan fingerprint density at radius 3 is 2.76 bits per heavy atom. The maximum Gasteiger partial charge on any atom is 0.335 e. The predicted octanol–water partition coefficient (Wildman–Crippen LogP) is 3.09. The van der Waals surface area contributed by atoms with Gasteiger partial charge in [-0.05, 0) is 18.2 Å². The van der Waals surface area contributed by atoms with Crippen LogP contribution in [0.3, 0.4) is 0 Å². The lowest BCUT2D eigenvalue weighted by Crippen LogP contribution is -1.96. The molecule has 0 radical (unpaired) electrons. The summed E-state index contributed by atoms with van der Waals surface area (Å²) in [5.74, 6) is -0.952. The zero-order valence-corrected chi connectivity index (χ0v) is 10.9. The Morgan fingerprint density at radius 2 is 2.12 bits per heavy atom. The fraction of sp³-hybridized carbons (Fsp3) is 0. The van der Waals surface area contributed by atoms with E-state index in [4.69, 9.17) is 5.11 Å². The van der Waals surface area contributed by atoms with E-state index in [0.717, 1.165) is 14.4 Å². The van der Waals surface area contributed by atoms with Crippen LogP contribution in [0.15, 0.2) is 51.2 Å². The summed E-state index contributed by atoms with van der Waals surface area (Å²) in [6.45, 7) is 0. The molecule has 0 saturated heterocycles. The number of carboxylic acid groups (broad SMARTS) is 1. The summed E-state index contributed by atoms with van der Waals surface area (Å²) in [4.78, 5) is 19.8. The molecule has 0 aliphatic carbocycles. The Labute approximate surface area is 110 Å². The van der Waals surface area contributed by atoms with Crippen LogP contribution in [-0.4, -0.2) is 21.0 Å². The molecule has 0 fully saturated rings. The van der Waals surface area contributed by atoms with Gasteiger partial charge in [0.05, 0.1) is 11.8 Å². The lowest BCUT2D eigenvalue weighted by Gasteiger charge is -2.03. The van der Waals surface area contributed by atoms with Crippen molar-refractivity contribution in [3.63, 3.8) is 0 Å². The Kier molecular flexibility index (Phi) is 3.75. The van der Waals surface area contributed by atoms with Crippen LogP contribution in [-0.2, 0) is 0 Å². The first-order valence-electron chi connectivity index (χ1n) is 4.63. The van der Waals surface area contributed by atoms with Crippen molar-refractivity contribution >= 4 is 33.7 Å². The van der Waals surface area contributed by atoms with Gasteiger partial charge in [0.1, 0.15) is 5.03 Å². The van der Waals surface area contributed by atoms with Gasteiger partial charge in [-0.1, -0.05) is 27.7 Å². The summed E-state index contributed by atoms with van der Waals surface area (Å²) in [6.07, 6.45) is 4.82. The maximum absolute atomic E-state index is 10.9. The minimum Gasteiger partial charge on any atom is -0.478 e. The van der Waals surface area contributed by atoms with E-state index in [0.29, 0.717) is 0 Å². The van der Waals surface area contributed by atoms with E-state index in [1.807, 2.05) is 6.07 Å². The third-order valence-corrected chi connectivity index (χ3v) is 3.23. The second kappa shape index (κ2) is 5.29. The molecular weight excluding hydrogens is 304 g/mol. The first-order chi connectivity index (χ1) is 8.15. The molecule has 6 heteroatoms. The number of nitrogens with zero attached hydrogens (tertiary/aromatic N) is 2. The molecule has 4 nitrogen and oxygen atoms in total. The van der Waals surface area contributed by atoms with Crippen LogP contribution in [0.2, 0.25) is 0 Å². The minimum atomic E-state index is -0.952. The highest BCUT2D eigenvalue weighted by Gasteiger charge is 2.07. The molecule has 0 bridgehead atoms. The number of carbonyl (C=O) groups is 1. The summed E-state index contributed by atoms with van der Waals surface area (Å²) >= 11 is 4.65. The zero-order chi connectivity index (χ0) is 12.3. The molecule has 86 valence electrons. The Morgan fingerprint density at radius 1 is 1.29 bits per heavy atom. The summed E-state index contributed by atoms with van der Waals surface area (Å²) in [5.41, 5.74) is 0.241. The molecule has 2 aromatic rings. The van der Waals surface area contributed by atoms with E-state index in [1.165, 1.54) is 11.8 Å². The van der Waals surface area contributed by atoms with Crippen LogP contribution >= 0.6 is 27.7 Å². The van der Waals surface area contributed by atoms with Crippen LogP contribution in [0, 0.1) is 0 Å². The quantitative estimate of drug-likeness (QED) is 0.944. The molecule has 0 saturated carbocycles. The minimum absolute atomic E-state index is 0.241. The zero-order valence-electron chi connectivity index (χ0n) is 8.50. The molecule has 0 spiro atoms. The number of hydrogen-bond acceptors (Lipinski definition) is 4. The lowest BCUT2D eigenvalue weighted by atomic mass is 10.2. The van der Waals surface area contributed by atoms with Gasteiger partial charge in [0.25, 0.3) is 0 Å². The molecule has 0 aliphatic rings. The average molecular weight is 311 g/mol. The van der Waals surface area contributed by atoms with Crippen LogP contribution in [0.25, 0.3) is 0 Å². The second-order valence-corrected chi connectivity index (χ2v) is 5.14. The smallest absolute Gasteiger partial charge is 0.335 e. The largest absolute Gasteiger partial charge is 0.478 e. The highest BCUT2D eigenvalue weighted by atomic mass is 79.9. The van der Waals surface area contributed by atoms with Gasteiger partial charge < -0.3 is 5.11 Å². The van der Waals surface area contributed by atoms with Gasteiger partial charge in [-0.2, -0.15) is 0 Å². The highest BCUT2D eigenvalue weighted by molar-refractivity contribution is 9.10. The summed E-state index contributed by atoms with van der Waals surface area (Å²) < 4.78 is 0.726. The molecule has 0 atom stereocenters. The molecule has 1 aromatic heterocycles. The van der Waals surface area contributed by atoms with Crippen molar-refractivity contribution in [1.29, 1.82) is 0 Å². The molecule has 0 unspecified atom stereocenters. The van der Waals surface area contributed by atoms with E-state index >= 15 is 0 Å². The third kappa shape index (κ3) is 3.28. The van der Waals surface area contributed by atoms with E-state index < -0.39 is 5.97 Å². The van der Waals surface area contributed by atoms with Crippen LogP contribution in [0.4, 0.5) is 0 Å². The standard InChI is InChI=1S/C11H7BrN2O2S/c12-8-3-7(11(15)16)4-9(5-8)17-10-6-13-1-2-14-10/h1-6H,(H,15,16). The number of hydrogen-bond donors (Lipinski definition) is 1. The fourth-order valence-corrected chi connectivity index (χ4v) is 2.69. The van der Waals surface area contributed by atoms with Crippen molar-refractivity contribution in [2.24, 2.45) is 0 Å². The van der Waals surface area contributed by atoms with Crippen molar-refractivity contribution in [2.75, 3.05) is 0 Å². The van der Waals surface area contributed by atoms with E-state index in [-0.39, 0.29) is 5.56 Å². The molecular formula is C11H7BrN2O2S. The number of carboxylic acids is 1. The normalized spacial score (nSPS) is 10.2. The van der Waals surface area contributed by atoms with Gasteiger partial charge in [-0.3, -0.25) is 4.98 Å². The molecule has 1 aromatic carbocycles. The Hall–Kier alpha value is -1.40. The molecule has 1 N–H and O–H groups in total. The van der Waals surface area contributed by atoms with Gasteiger partial charge in [0, 0.05) is 21.8 Å². The molecule has 0 amide bonds. The molecule has 17 heavy (non-hydrogen) atoms. The number of aromatic nitrogens is 2. The number of halogens is 1. The second-order valence-electron chi connectivity index (χ2n) is 3.13. The fourth-order valence-electron chi connectivity index (χ4n) is 1.20. The average Bonchev–Trinajstić information content (AvgIpc) is 2.29. The van der Waals surface area contributed by atoms with Gasteiger partial charge in [0.2, 0.25) is 0 Å². The van der Waals surface area contributed by atoms with Crippen LogP contribution < -0.4 is 0 Å². The van der Waals surface area contributed by atoms with Gasteiger partial charge >= 0.3 is 5.97 Å². The van der Waals surface area contributed by atoms with Crippen molar-refractivity contribution in [1.82, 2.24) is 9.97 Å². The Balaban J connectivity index is 2.30. The predicted molar refractivity (Wildman–Crippen MR) is 67.3 cm³/mol. The van der Waals surface area contributed by atoms with Gasteiger partial charge in [0.15, 0.2) is 0 Å². The monoisotopic (exact) mass is 310 g/mol. The van der Waals surface area contributed by atoms with E-state index in [2.05, 4.69) is 25.9 Å². The summed E-state index contributed by atoms with van der Waals surface area (Å²) in [5, 5.41) is 9.67. The SMILES string of the molecule is O=C(O)c1cc(Br)cc(Sc2cnccn2)c1. The van der Waals surface area contributed by atoms with Crippen LogP contribution in [0.5, 0.6) is 0 Å². The van der Waals surface area contributed by atoms with Gasteiger partial charge in [-0.15, -0.1) is 0 Å². The maximum atomic E-state index is 10.9. The first-order valence-corrected chi connectivity index (χ1v) is 6.24. The lowest BCUT2D eigenvalue weighted by molar-refractivity contribution is 0.0696. The Bertz CT molecular complexity index is 548. The molecule has 2 rings (SSSR count). The number of rotatable bonds is 3. The number of benzene rings is 1. The van der Waals surface area contributed by atoms with Crippen molar-refractivity contribution in [3.8, 4) is 0 Å². The topological polar surface area (TPSA) is 63.1 Å². The van der Waals surface area contributed by atoms with E-state index in [9.17, 15) is 4.79 Å². The summed E-state index contributed by atoms with van der Waals surface area (Å²) in [6, 6.07) is 5.00. The molecule has 0 aliphatic heterocycles. The third-order valence-electron chi connectivity index (χ3n) is 1.88. The summed E-state index contributed by atoms with van der Waals surface area (Å²) in [7, 11) is 0. The first kappa shape index (κ1) is 12.1. The number of aromatic carboxylic acids is 1.